The highest BCUT2D eigenvalue weighted by molar-refractivity contribution is 5.95. The van der Waals surface area contributed by atoms with Crippen LogP contribution in [0.3, 0.4) is 0 Å². The number of carbonyl (C=O) groups excluding carboxylic acids is 1. The van der Waals surface area contributed by atoms with Gasteiger partial charge in [-0.05, 0) is 36.3 Å². The molecule has 1 heterocycles. The molecule has 146 valence electrons. The van der Waals surface area contributed by atoms with Crippen molar-refractivity contribution in [3.8, 4) is 5.75 Å². The fourth-order valence-corrected chi connectivity index (χ4v) is 3.38. The van der Waals surface area contributed by atoms with Crippen molar-refractivity contribution >= 4 is 22.9 Å². The zero-order chi connectivity index (χ0) is 20.1. The second-order valence-electron chi connectivity index (χ2n) is 6.81. The van der Waals surface area contributed by atoms with E-state index in [0.29, 0.717) is 5.75 Å². The molecule has 3 rings (SSSR count). The van der Waals surface area contributed by atoms with Crippen LogP contribution in [0, 0.1) is 10.1 Å². The Morgan fingerprint density at radius 1 is 1.25 bits per heavy atom. The Hall–Kier alpha value is -3.19. The first-order chi connectivity index (χ1) is 13.5. The van der Waals surface area contributed by atoms with Gasteiger partial charge in [-0.3, -0.25) is 14.9 Å². The van der Waals surface area contributed by atoms with E-state index >= 15 is 0 Å². The van der Waals surface area contributed by atoms with Crippen molar-refractivity contribution in [2.45, 2.75) is 19.4 Å². The van der Waals surface area contributed by atoms with E-state index in [0.717, 1.165) is 24.4 Å². The van der Waals surface area contributed by atoms with Crippen LogP contribution in [0.25, 0.3) is 5.57 Å². The fourth-order valence-electron chi connectivity index (χ4n) is 3.38. The first-order valence-corrected chi connectivity index (χ1v) is 9.22. The number of hydrogen-bond acceptors (Lipinski definition) is 4. The summed E-state index contributed by atoms with van der Waals surface area (Å²) >= 11 is 0. The summed E-state index contributed by atoms with van der Waals surface area (Å²) in [4.78, 5) is 24.6. The van der Waals surface area contributed by atoms with Crippen LogP contribution in [-0.4, -0.2) is 37.1 Å². The van der Waals surface area contributed by atoms with E-state index in [9.17, 15) is 14.9 Å². The van der Waals surface area contributed by atoms with Crippen LogP contribution < -0.4 is 15.0 Å². The van der Waals surface area contributed by atoms with Gasteiger partial charge in [0.1, 0.15) is 11.4 Å². The van der Waals surface area contributed by atoms with Crippen LogP contribution in [0.4, 0.5) is 11.4 Å². The summed E-state index contributed by atoms with van der Waals surface area (Å²) in [5.74, 6) is 0.137. The van der Waals surface area contributed by atoms with E-state index < -0.39 is 4.92 Å². The fraction of sp³-hybridized carbons (Fsp3) is 0.286. The molecule has 2 aromatic rings. The van der Waals surface area contributed by atoms with Gasteiger partial charge in [-0.25, -0.2) is 0 Å². The van der Waals surface area contributed by atoms with E-state index in [1.54, 1.807) is 6.07 Å². The Bertz CT molecular complexity index is 896. The predicted octanol–water partition coefficient (Wildman–Crippen LogP) is 2.30. The van der Waals surface area contributed by atoms with Gasteiger partial charge in [-0.2, -0.15) is 0 Å². The topological polar surface area (TPSA) is 85.9 Å². The number of amides is 1. The van der Waals surface area contributed by atoms with Crippen LogP contribution in [0.1, 0.15) is 18.9 Å². The van der Waals surface area contributed by atoms with Crippen molar-refractivity contribution in [1.82, 2.24) is 0 Å². The van der Waals surface area contributed by atoms with Gasteiger partial charge in [0.2, 0.25) is 0 Å². The number of quaternary nitrogens is 1. The minimum Gasteiger partial charge on any atom is -0.496 e. The van der Waals surface area contributed by atoms with Gasteiger partial charge >= 0.3 is 0 Å². The molecule has 0 aliphatic carbocycles. The molecule has 2 aromatic carbocycles. The normalized spacial score (nSPS) is 17.4. The molecule has 1 amide bonds. The molecule has 1 unspecified atom stereocenters. The summed E-state index contributed by atoms with van der Waals surface area (Å²) in [5, 5.41) is 14.0. The maximum absolute atomic E-state index is 12.7. The molecular weight excluding hydrogens is 358 g/mol. The summed E-state index contributed by atoms with van der Waals surface area (Å²) in [6, 6.07) is 14.3. The van der Waals surface area contributed by atoms with Gasteiger partial charge in [0, 0.05) is 6.42 Å². The molecule has 0 spiro atoms. The molecule has 7 nitrogen and oxygen atoms in total. The van der Waals surface area contributed by atoms with E-state index in [-0.39, 0.29) is 23.3 Å². The van der Waals surface area contributed by atoms with Crippen molar-refractivity contribution < 1.29 is 19.4 Å². The number of benzene rings is 2. The number of rotatable bonds is 6. The maximum atomic E-state index is 12.7. The number of ether oxygens (including phenoxy) is 1. The molecule has 0 aromatic heterocycles. The summed E-state index contributed by atoms with van der Waals surface area (Å²) in [6.07, 6.45) is 3.06. The largest absolute Gasteiger partial charge is 0.496 e. The lowest BCUT2D eigenvalue weighted by Crippen LogP contribution is -3.17. The first-order valence-electron chi connectivity index (χ1n) is 9.22. The van der Waals surface area contributed by atoms with Crippen molar-refractivity contribution in [3.63, 3.8) is 0 Å². The van der Waals surface area contributed by atoms with Gasteiger partial charge in [0.25, 0.3) is 11.6 Å². The molecule has 0 bridgehead atoms. The quantitative estimate of drug-likeness (QED) is 0.593. The molecule has 1 aliphatic rings. The van der Waals surface area contributed by atoms with E-state index in [1.807, 2.05) is 25.1 Å². The monoisotopic (exact) mass is 382 g/mol. The Morgan fingerprint density at radius 3 is 2.61 bits per heavy atom. The second kappa shape index (κ2) is 8.67. The maximum Gasteiger partial charge on any atom is 0.296 e. The minimum absolute atomic E-state index is 0.180. The molecule has 0 saturated carbocycles. The van der Waals surface area contributed by atoms with Crippen molar-refractivity contribution in [2.24, 2.45) is 0 Å². The molecule has 7 heteroatoms. The highest BCUT2D eigenvalue weighted by atomic mass is 16.6. The number of nitrogens with zero attached hydrogens (tertiary/aromatic N) is 1. The Labute approximate surface area is 163 Å². The van der Waals surface area contributed by atoms with Gasteiger partial charge in [0.15, 0.2) is 6.04 Å². The lowest BCUT2D eigenvalue weighted by molar-refractivity contribution is -0.909. The van der Waals surface area contributed by atoms with Crippen LogP contribution >= 0.6 is 0 Å². The zero-order valence-corrected chi connectivity index (χ0v) is 16.0. The molecule has 2 N–H and O–H groups in total. The first kappa shape index (κ1) is 19.6. The second-order valence-corrected chi connectivity index (χ2v) is 6.81. The molecule has 1 aliphatic heterocycles. The van der Waals surface area contributed by atoms with Crippen LogP contribution in [0.2, 0.25) is 0 Å². The summed E-state index contributed by atoms with van der Waals surface area (Å²) in [6.45, 7) is 3.42. The van der Waals surface area contributed by atoms with Gasteiger partial charge in [-0.15, -0.1) is 0 Å². The number of nitrogens with one attached hydrogen (secondary N) is 2. The lowest BCUT2D eigenvalue weighted by atomic mass is 9.99. The van der Waals surface area contributed by atoms with Crippen molar-refractivity contribution in [1.29, 1.82) is 0 Å². The molecule has 28 heavy (non-hydrogen) atoms. The molecule has 0 radical (unpaired) electrons. The summed E-state index contributed by atoms with van der Waals surface area (Å²) in [7, 11) is 1.44. The standard InChI is InChI=1S/C21H23N3O4/c1-15(23-12-10-17(11-13-23)16-6-4-3-5-7-16)21(25)22-19-9-8-18(28-2)14-20(19)24(26)27/h3-10,14-15H,11-13H2,1-2H3,(H,22,25)/p+1/t15-/m0/s1. The third kappa shape index (κ3) is 4.37. The van der Waals surface area contributed by atoms with E-state index in [1.165, 1.54) is 30.4 Å². The number of anilines is 1. The highest BCUT2D eigenvalue weighted by Crippen LogP contribution is 2.29. The van der Waals surface area contributed by atoms with E-state index in [4.69, 9.17) is 4.74 Å². The number of hydrogen-bond donors (Lipinski definition) is 2. The van der Waals surface area contributed by atoms with Crippen LogP contribution in [0.15, 0.2) is 54.6 Å². The third-order valence-corrected chi connectivity index (χ3v) is 5.14. The number of carbonyl (C=O) groups is 1. The average Bonchev–Trinajstić information content (AvgIpc) is 2.74. The third-order valence-electron chi connectivity index (χ3n) is 5.14. The van der Waals surface area contributed by atoms with Crippen molar-refractivity contribution in [2.75, 3.05) is 25.5 Å². The van der Waals surface area contributed by atoms with Gasteiger partial charge in [-0.1, -0.05) is 30.3 Å². The molecular formula is C21H24N3O4+. The number of nitro benzene ring substituents is 1. The smallest absolute Gasteiger partial charge is 0.296 e. The SMILES string of the molecule is COc1ccc(NC(=O)[C@H](C)[NH+]2CC=C(c3ccccc3)CC2)c([N+](=O)[O-])c1. The highest BCUT2D eigenvalue weighted by Gasteiger charge is 2.28. The molecule has 0 saturated heterocycles. The van der Waals surface area contributed by atoms with Gasteiger partial charge in [0.05, 0.1) is 31.2 Å². The minimum atomic E-state index is -0.522. The van der Waals surface area contributed by atoms with Gasteiger partial charge < -0.3 is 15.0 Å². The predicted molar refractivity (Wildman–Crippen MR) is 107 cm³/mol. The van der Waals surface area contributed by atoms with Crippen LogP contribution in [-0.2, 0) is 4.79 Å². The molecule has 2 atom stereocenters. The summed E-state index contributed by atoms with van der Waals surface area (Å²) in [5.41, 5.74) is 2.51. The number of methoxy groups -OCH3 is 1. The zero-order valence-electron chi connectivity index (χ0n) is 16.0. The Morgan fingerprint density at radius 2 is 2.00 bits per heavy atom. The molecule has 0 fully saturated rings. The van der Waals surface area contributed by atoms with Crippen molar-refractivity contribution in [3.05, 3.63) is 70.3 Å². The Balaban J connectivity index is 1.67. The van der Waals surface area contributed by atoms with E-state index in [2.05, 4.69) is 23.5 Å². The average molecular weight is 382 g/mol. The lowest BCUT2D eigenvalue weighted by Gasteiger charge is -2.28. The number of nitro groups is 1. The summed E-state index contributed by atoms with van der Waals surface area (Å²) < 4.78 is 5.03. The Kier molecular flexibility index (Phi) is 6.06. The van der Waals surface area contributed by atoms with Crippen LogP contribution in [0.5, 0.6) is 5.75 Å².